The van der Waals surface area contributed by atoms with Crippen LogP contribution in [0.2, 0.25) is 0 Å². The van der Waals surface area contributed by atoms with Crippen molar-refractivity contribution >= 4 is 27.3 Å². The number of rotatable bonds is 4. The first-order chi connectivity index (χ1) is 8.19. The van der Waals surface area contributed by atoms with E-state index in [9.17, 15) is 0 Å². The Kier molecular flexibility index (Phi) is 4.31. The van der Waals surface area contributed by atoms with Gasteiger partial charge >= 0.3 is 0 Å². The smallest absolute Gasteiger partial charge is 0.0898 e. The summed E-state index contributed by atoms with van der Waals surface area (Å²) < 4.78 is 1.12. The van der Waals surface area contributed by atoms with Crippen LogP contribution in [-0.4, -0.2) is 12.0 Å². The van der Waals surface area contributed by atoms with E-state index < -0.39 is 0 Å². The molecule has 0 aliphatic heterocycles. The van der Waals surface area contributed by atoms with Crippen LogP contribution in [0.25, 0.3) is 0 Å². The predicted molar refractivity (Wildman–Crippen MR) is 76.5 cm³/mol. The molecule has 0 fully saturated rings. The zero-order valence-corrected chi connectivity index (χ0v) is 12.3. The van der Waals surface area contributed by atoms with Crippen LogP contribution in [-0.2, 0) is 6.42 Å². The second kappa shape index (κ2) is 5.76. The van der Waals surface area contributed by atoms with Crippen molar-refractivity contribution in [3.05, 3.63) is 50.4 Å². The van der Waals surface area contributed by atoms with Gasteiger partial charge in [0.05, 0.1) is 16.7 Å². The van der Waals surface area contributed by atoms with Gasteiger partial charge < -0.3 is 5.32 Å². The van der Waals surface area contributed by atoms with Gasteiger partial charge in [0.15, 0.2) is 0 Å². The molecule has 0 saturated carbocycles. The first-order valence-corrected chi connectivity index (χ1v) is 7.20. The second-order valence-electron chi connectivity index (χ2n) is 3.96. The van der Waals surface area contributed by atoms with Crippen LogP contribution in [0.4, 0.5) is 0 Å². The van der Waals surface area contributed by atoms with Gasteiger partial charge in [-0.25, -0.2) is 4.98 Å². The van der Waals surface area contributed by atoms with Crippen LogP contribution in [0.1, 0.15) is 22.3 Å². The summed E-state index contributed by atoms with van der Waals surface area (Å²) in [6.07, 6.45) is 0.965. The Morgan fingerprint density at radius 2 is 2.06 bits per heavy atom. The van der Waals surface area contributed by atoms with E-state index in [2.05, 4.69) is 55.9 Å². The Morgan fingerprint density at radius 3 is 2.59 bits per heavy atom. The zero-order valence-electron chi connectivity index (χ0n) is 9.90. The molecular formula is C13H15BrN2S. The Labute approximate surface area is 114 Å². The molecule has 1 unspecified atom stereocenters. The lowest BCUT2D eigenvalue weighted by molar-refractivity contribution is 0.578. The number of hydrogen-bond donors (Lipinski definition) is 1. The zero-order chi connectivity index (χ0) is 12.3. The number of halogens is 1. The van der Waals surface area contributed by atoms with Gasteiger partial charge in [-0.05, 0) is 38.1 Å². The summed E-state index contributed by atoms with van der Waals surface area (Å²) in [6, 6.07) is 8.74. The number of benzene rings is 1. The molecule has 90 valence electrons. The Hall–Kier alpha value is -0.710. The van der Waals surface area contributed by atoms with Crippen molar-refractivity contribution in [2.75, 3.05) is 7.05 Å². The van der Waals surface area contributed by atoms with Gasteiger partial charge in [-0.3, -0.25) is 0 Å². The number of likely N-dealkylation sites (N-methyl/N-ethyl adjacent to an activating group) is 1. The van der Waals surface area contributed by atoms with Crippen LogP contribution in [0, 0.1) is 6.92 Å². The monoisotopic (exact) mass is 310 g/mol. The molecule has 0 bridgehead atoms. The summed E-state index contributed by atoms with van der Waals surface area (Å²) in [5.41, 5.74) is 2.45. The molecule has 2 nitrogen and oxygen atoms in total. The van der Waals surface area contributed by atoms with Crippen molar-refractivity contribution in [3.8, 4) is 0 Å². The number of hydrogen-bond acceptors (Lipinski definition) is 3. The highest BCUT2D eigenvalue weighted by Gasteiger charge is 2.12. The molecule has 0 aliphatic rings. The first kappa shape index (κ1) is 12.7. The van der Waals surface area contributed by atoms with E-state index in [0.29, 0.717) is 6.04 Å². The summed E-state index contributed by atoms with van der Waals surface area (Å²) in [5, 5.41) is 6.58. The van der Waals surface area contributed by atoms with Gasteiger partial charge in [0.1, 0.15) is 0 Å². The number of aryl methyl sites for hydroxylation is 1. The van der Waals surface area contributed by atoms with Gasteiger partial charge in [-0.2, -0.15) is 0 Å². The van der Waals surface area contributed by atoms with E-state index in [-0.39, 0.29) is 0 Å². The molecule has 0 amide bonds. The normalized spacial score (nSPS) is 12.6. The maximum atomic E-state index is 4.54. The average Bonchev–Trinajstić information content (AvgIpc) is 2.75. The van der Waals surface area contributed by atoms with E-state index in [0.717, 1.165) is 21.6 Å². The largest absolute Gasteiger partial charge is 0.311 e. The maximum Gasteiger partial charge on any atom is 0.0898 e. The SMILES string of the molecule is CNC(Cc1ccc(Br)cc1)c1csc(C)n1. The van der Waals surface area contributed by atoms with Gasteiger partial charge in [-0.1, -0.05) is 28.1 Å². The lowest BCUT2D eigenvalue weighted by Gasteiger charge is -2.13. The van der Waals surface area contributed by atoms with E-state index in [1.54, 1.807) is 11.3 Å². The molecule has 0 spiro atoms. The summed E-state index contributed by atoms with van der Waals surface area (Å²) in [5.74, 6) is 0. The van der Waals surface area contributed by atoms with Crippen LogP contribution in [0.3, 0.4) is 0 Å². The lowest BCUT2D eigenvalue weighted by Crippen LogP contribution is -2.19. The summed E-state index contributed by atoms with van der Waals surface area (Å²) in [4.78, 5) is 4.54. The molecule has 1 heterocycles. The number of aromatic nitrogens is 1. The van der Waals surface area contributed by atoms with Gasteiger partial charge in [0.2, 0.25) is 0 Å². The number of thiazole rings is 1. The molecule has 17 heavy (non-hydrogen) atoms. The third kappa shape index (κ3) is 3.37. The standard InChI is InChI=1S/C13H15BrN2S/c1-9-16-13(8-17-9)12(15-2)7-10-3-5-11(14)6-4-10/h3-6,8,12,15H,7H2,1-2H3. The van der Waals surface area contributed by atoms with E-state index >= 15 is 0 Å². The topological polar surface area (TPSA) is 24.9 Å². The minimum absolute atomic E-state index is 0.293. The maximum absolute atomic E-state index is 4.54. The van der Waals surface area contributed by atoms with Gasteiger partial charge in [0.25, 0.3) is 0 Å². The first-order valence-electron chi connectivity index (χ1n) is 5.53. The minimum Gasteiger partial charge on any atom is -0.311 e. The predicted octanol–water partition coefficient (Wildman–Crippen LogP) is 3.72. The quantitative estimate of drug-likeness (QED) is 0.931. The molecule has 1 N–H and O–H groups in total. The van der Waals surface area contributed by atoms with E-state index in [1.807, 2.05) is 14.0 Å². The minimum atomic E-state index is 0.293. The van der Waals surface area contributed by atoms with Crippen LogP contribution in [0.15, 0.2) is 34.1 Å². The fourth-order valence-corrected chi connectivity index (χ4v) is 2.68. The lowest BCUT2D eigenvalue weighted by atomic mass is 10.0. The fourth-order valence-electron chi connectivity index (χ4n) is 1.75. The Balaban J connectivity index is 2.12. The molecule has 2 aromatic rings. The van der Waals surface area contributed by atoms with Gasteiger partial charge in [0, 0.05) is 9.85 Å². The fraction of sp³-hybridized carbons (Fsp3) is 0.308. The molecule has 0 aliphatic carbocycles. The highest BCUT2D eigenvalue weighted by molar-refractivity contribution is 9.10. The van der Waals surface area contributed by atoms with Crippen LogP contribution < -0.4 is 5.32 Å². The molecule has 4 heteroatoms. The molecular weight excluding hydrogens is 296 g/mol. The van der Waals surface area contributed by atoms with Crippen molar-refractivity contribution in [1.82, 2.24) is 10.3 Å². The molecule has 1 aromatic carbocycles. The Morgan fingerprint density at radius 1 is 1.35 bits per heavy atom. The molecule has 1 aromatic heterocycles. The molecule has 2 rings (SSSR count). The van der Waals surface area contributed by atoms with E-state index in [1.165, 1.54) is 5.56 Å². The van der Waals surface area contributed by atoms with Crippen molar-refractivity contribution in [2.45, 2.75) is 19.4 Å². The molecule has 0 radical (unpaired) electrons. The van der Waals surface area contributed by atoms with Crippen molar-refractivity contribution in [1.29, 1.82) is 0 Å². The van der Waals surface area contributed by atoms with Crippen molar-refractivity contribution in [2.24, 2.45) is 0 Å². The highest BCUT2D eigenvalue weighted by Crippen LogP contribution is 2.21. The molecule has 1 atom stereocenters. The van der Waals surface area contributed by atoms with Crippen LogP contribution >= 0.6 is 27.3 Å². The second-order valence-corrected chi connectivity index (χ2v) is 5.94. The average molecular weight is 311 g/mol. The highest BCUT2D eigenvalue weighted by atomic mass is 79.9. The summed E-state index contributed by atoms with van der Waals surface area (Å²) in [7, 11) is 1.98. The third-order valence-electron chi connectivity index (χ3n) is 2.70. The van der Waals surface area contributed by atoms with E-state index in [4.69, 9.17) is 0 Å². The molecule has 0 saturated heterocycles. The number of nitrogens with zero attached hydrogens (tertiary/aromatic N) is 1. The summed E-state index contributed by atoms with van der Waals surface area (Å²) >= 11 is 5.15. The summed E-state index contributed by atoms with van der Waals surface area (Å²) in [6.45, 7) is 2.04. The van der Waals surface area contributed by atoms with Crippen LogP contribution in [0.5, 0.6) is 0 Å². The van der Waals surface area contributed by atoms with Gasteiger partial charge in [-0.15, -0.1) is 11.3 Å². The third-order valence-corrected chi connectivity index (χ3v) is 4.02. The van der Waals surface area contributed by atoms with Crippen molar-refractivity contribution in [3.63, 3.8) is 0 Å². The number of nitrogens with one attached hydrogen (secondary N) is 1. The Bertz CT molecular complexity index is 478. The van der Waals surface area contributed by atoms with Crippen molar-refractivity contribution < 1.29 is 0 Å².